The van der Waals surface area contributed by atoms with E-state index in [0.29, 0.717) is 5.75 Å². The molecule has 0 spiro atoms. The van der Waals surface area contributed by atoms with Crippen molar-refractivity contribution in [2.75, 3.05) is 18.8 Å². The molecule has 1 unspecified atom stereocenters. The van der Waals surface area contributed by atoms with Crippen molar-refractivity contribution in [2.24, 2.45) is 5.73 Å². The van der Waals surface area contributed by atoms with Crippen molar-refractivity contribution in [1.29, 1.82) is 0 Å². The highest BCUT2D eigenvalue weighted by atomic mass is 32.1. The third kappa shape index (κ3) is 3.12. The normalized spacial score (nSPS) is 12.7. The molecule has 0 fully saturated rings. The minimum Gasteiger partial charge on any atom is -0.342 e. The van der Waals surface area contributed by atoms with Crippen LogP contribution in [0.2, 0.25) is 0 Å². The zero-order chi connectivity index (χ0) is 8.85. The molecular weight excluding hydrogens is 160 g/mol. The van der Waals surface area contributed by atoms with E-state index in [4.69, 9.17) is 5.73 Å². The number of nitrogens with zero attached hydrogens (tertiary/aromatic N) is 1. The summed E-state index contributed by atoms with van der Waals surface area (Å²) >= 11 is 3.95. The van der Waals surface area contributed by atoms with E-state index in [1.165, 1.54) is 0 Å². The highest BCUT2D eigenvalue weighted by Crippen LogP contribution is 1.94. The van der Waals surface area contributed by atoms with Crippen molar-refractivity contribution in [1.82, 2.24) is 4.90 Å². The number of hydrogen-bond donors (Lipinski definition) is 2. The van der Waals surface area contributed by atoms with Gasteiger partial charge in [0.15, 0.2) is 0 Å². The number of amides is 1. The Morgan fingerprint density at radius 3 is 2.27 bits per heavy atom. The molecule has 1 amide bonds. The van der Waals surface area contributed by atoms with Crippen molar-refractivity contribution >= 4 is 18.5 Å². The minimum atomic E-state index is -0.446. The summed E-state index contributed by atoms with van der Waals surface area (Å²) in [5.74, 6) is 0.403. The molecule has 11 heavy (non-hydrogen) atoms. The van der Waals surface area contributed by atoms with Crippen molar-refractivity contribution in [2.45, 2.75) is 19.9 Å². The van der Waals surface area contributed by atoms with E-state index in [2.05, 4.69) is 12.6 Å². The molecule has 0 radical (unpaired) electrons. The lowest BCUT2D eigenvalue weighted by atomic mass is 10.3. The third-order valence-electron chi connectivity index (χ3n) is 1.59. The van der Waals surface area contributed by atoms with Gasteiger partial charge in [-0.2, -0.15) is 12.6 Å². The molecule has 2 N–H and O–H groups in total. The molecule has 4 heteroatoms. The van der Waals surface area contributed by atoms with Gasteiger partial charge in [-0.1, -0.05) is 0 Å². The topological polar surface area (TPSA) is 46.3 Å². The van der Waals surface area contributed by atoms with Gasteiger partial charge in [-0.25, -0.2) is 0 Å². The number of nitrogens with two attached hydrogens (primary N) is 1. The first-order chi connectivity index (χ1) is 5.17. The van der Waals surface area contributed by atoms with Gasteiger partial charge in [0.05, 0.1) is 6.04 Å². The standard InChI is InChI=1S/C7H16N2OS/c1-3-9(4-2)7(10)6(8)5-11/h6,11H,3-5,8H2,1-2H3. The second kappa shape index (κ2) is 5.43. The van der Waals surface area contributed by atoms with Gasteiger partial charge in [0.1, 0.15) is 0 Å². The molecule has 0 aromatic heterocycles. The Bertz CT molecular complexity index is 126. The van der Waals surface area contributed by atoms with Gasteiger partial charge in [0.2, 0.25) is 5.91 Å². The predicted octanol–water partition coefficient (Wildman–Crippen LogP) is 0.112. The molecule has 0 saturated carbocycles. The van der Waals surface area contributed by atoms with Gasteiger partial charge in [0.25, 0.3) is 0 Å². The van der Waals surface area contributed by atoms with Crippen LogP contribution in [-0.4, -0.2) is 35.7 Å². The average Bonchev–Trinajstić information content (AvgIpc) is 2.05. The lowest BCUT2D eigenvalue weighted by molar-refractivity contribution is -0.131. The van der Waals surface area contributed by atoms with E-state index in [-0.39, 0.29) is 5.91 Å². The molecule has 0 saturated heterocycles. The van der Waals surface area contributed by atoms with E-state index in [0.717, 1.165) is 13.1 Å². The fraction of sp³-hybridized carbons (Fsp3) is 0.857. The first-order valence-corrected chi connectivity index (χ1v) is 4.45. The highest BCUT2D eigenvalue weighted by Gasteiger charge is 2.16. The Morgan fingerprint density at radius 1 is 1.55 bits per heavy atom. The zero-order valence-electron chi connectivity index (χ0n) is 7.08. The molecule has 0 bridgehead atoms. The molecule has 0 aromatic rings. The van der Waals surface area contributed by atoms with Crippen LogP contribution in [-0.2, 0) is 4.79 Å². The van der Waals surface area contributed by atoms with Crippen LogP contribution in [0.1, 0.15) is 13.8 Å². The Labute approximate surface area is 73.3 Å². The zero-order valence-corrected chi connectivity index (χ0v) is 7.97. The number of hydrogen-bond acceptors (Lipinski definition) is 3. The lowest BCUT2D eigenvalue weighted by Gasteiger charge is -2.21. The van der Waals surface area contributed by atoms with Gasteiger partial charge in [-0.3, -0.25) is 4.79 Å². The van der Waals surface area contributed by atoms with Gasteiger partial charge in [-0.15, -0.1) is 0 Å². The molecule has 66 valence electrons. The van der Waals surface area contributed by atoms with E-state index in [9.17, 15) is 4.79 Å². The molecule has 0 aromatic carbocycles. The fourth-order valence-corrected chi connectivity index (χ4v) is 1.00. The van der Waals surface area contributed by atoms with Crippen LogP contribution in [0.25, 0.3) is 0 Å². The van der Waals surface area contributed by atoms with Crippen LogP contribution in [0.5, 0.6) is 0 Å². The Morgan fingerprint density at radius 2 is 2.00 bits per heavy atom. The quantitative estimate of drug-likeness (QED) is 0.597. The highest BCUT2D eigenvalue weighted by molar-refractivity contribution is 7.80. The van der Waals surface area contributed by atoms with Crippen molar-refractivity contribution in [3.63, 3.8) is 0 Å². The first-order valence-electron chi connectivity index (χ1n) is 3.82. The van der Waals surface area contributed by atoms with Gasteiger partial charge in [-0.05, 0) is 13.8 Å². The maximum atomic E-state index is 11.3. The molecule has 3 nitrogen and oxygen atoms in total. The van der Waals surface area contributed by atoms with Crippen LogP contribution in [0.3, 0.4) is 0 Å². The first kappa shape index (κ1) is 10.8. The molecular formula is C7H16N2OS. The van der Waals surface area contributed by atoms with Gasteiger partial charge >= 0.3 is 0 Å². The fourth-order valence-electron chi connectivity index (χ4n) is 0.848. The SMILES string of the molecule is CCN(CC)C(=O)C(N)CS. The Balaban J connectivity index is 3.97. The van der Waals surface area contributed by atoms with E-state index >= 15 is 0 Å². The van der Waals surface area contributed by atoms with Crippen LogP contribution >= 0.6 is 12.6 Å². The third-order valence-corrected chi connectivity index (χ3v) is 1.98. The number of carbonyl (C=O) groups is 1. The predicted molar refractivity (Wildman–Crippen MR) is 49.8 cm³/mol. The van der Waals surface area contributed by atoms with Crippen LogP contribution < -0.4 is 5.73 Å². The van der Waals surface area contributed by atoms with Gasteiger partial charge in [0, 0.05) is 18.8 Å². The van der Waals surface area contributed by atoms with Crippen LogP contribution in [0.15, 0.2) is 0 Å². The average molecular weight is 176 g/mol. The summed E-state index contributed by atoms with van der Waals surface area (Å²) in [7, 11) is 0. The number of thiol groups is 1. The monoisotopic (exact) mass is 176 g/mol. The summed E-state index contributed by atoms with van der Waals surface area (Å²) in [5, 5.41) is 0. The summed E-state index contributed by atoms with van der Waals surface area (Å²) in [5.41, 5.74) is 5.50. The van der Waals surface area contributed by atoms with E-state index in [1.807, 2.05) is 13.8 Å². The molecule has 1 atom stereocenters. The maximum absolute atomic E-state index is 11.3. The molecule has 0 aliphatic heterocycles. The second-order valence-electron chi connectivity index (χ2n) is 2.30. The molecule has 0 aliphatic rings. The summed E-state index contributed by atoms with van der Waals surface area (Å²) in [6.07, 6.45) is 0. The Hall–Kier alpha value is -0.220. The van der Waals surface area contributed by atoms with Gasteiger partial charge < -0.3 is 10.6 Å². The smallest absolute Gasteiger partial charge is 0.240 e. The summed E-state index contributed by atoms with van der Waals surface area (Å²) in [6.45, 7) is 5.31. The maximum Gasteiger partial charge on any atom is 0.240 e. The summed E-state index contributed by atoms with van der Waals surface area (Å²) in [6, 6.07) is -0.446. The lowest BCUT2D eigenvalue weighted by Crippen LogP contribution is -2.44. The minimum absolute atomic E-state index is 0.00926. The number of rotatable bonds is 4. The second-order valence-corrected chi connectivity index (χ2v) is 2.66. The van der Waals surface area contributed by atoms with E-state index in [1.54, 1.807) is 4.90 Å². The summed E-state index contributed by atoms with van der Waals surface area (Å²) < 4.78 is 0. The molecule has 0 heterocycles. The van der Waals surface area contributed by atoms with Crippen molar-refractivity contribution in [3.05, 3.63) is 0 Å². The van der Waals surface area contributed by atoms with E-state index < -0.39 is 6.04 Å². The summed E-state index contributed by atoms with van der Waals surface area (Å²) in [4.78, 5) is 13.0. The largest absolute Gasteiger partial charge is 0.342 e. The number of likely N-dealkylation sites (N-methyl/N-ethyl adjacent to an activating group) is 1. The van der Waals surface area contributed by atoms with Crippen molar-refractivity contribution < 1.29 is 4.79 Å². The Kier molecular flexibility index (Phi) is 5.32. The number of carbonyl (C=O) groups excluding carboxylic acids is 1. The molecule has 0 aliphatic carbocycles. The molecule has 0 rings (SSSR count). The van der Waals surface area contributed by atoms with Crippen molar-refractivity contribution in [3.8, 4) is 0 Å². The van der Waals surface area contributed by atoms with Crippen LogP contribution in [0, 0.1) is 0 Å². The van der Waals surface area contributed by atoms with Crippen LogP contribution in [0.4, 0.5) is 0 Å².